The summed E-state index contributed by atoms with van der Waals surface area (Å²) in [7, 11) is 0. The third-order valence-corrected chi connectivity index (χ3v) is 3.52. The van der Waals surface area contributed by atoms with Crippen molar-refractivity contribution in [1.29, 1.82) is 0 Å². The number of hydrogen-bond acceptors (Lipinski definition) is 5. The predicted octanol–water partition coefficient (Wildman–Crippen LogP) is 3.05. The lowest BCUT2D eigenvalue weighted by atomic mass is 10.1. The van der Waals surface area contributed by atoms with Crippen LogP contribution in [0.1, 0.15) is 27.2 Å². The molecule has 0 bridgehead atoms. The number of nitrogen functional groups attached to an aromatic ring is 1. The third-order valence-electron chi connectivity index (χ3n) is 3.52. The number of aliphatic imine (C=N–C) groups is 1. The summed E-state index contributed by atoms with van der Waals surface area (Å²) in [6, 6.07) is 7.78. The van der Waals surface area contributed by atoms with Crippen LogP contribution in [-0.4, -0.2) is 31.5 Å². The van der Waals surface area contributed by atoms with Gasteiger partial charge in [0.2, 0.25) is 5.95 Å². The molecule has 3 rings (SSSR count). The first-order valence-electron chi connectivity index (χ1n) is 7.70. The Morgan fingerprint density at radius 1 is 1.30 bits per heavy atom. The largest absolute Gasteiger partial charge is 0.389 e. The van der Waals surface area contributed by atoms with Gasteiger partial charge in [0.25, 0.3) is 0 Å². The smallest absolute Gasteiger partial charge is 0.230 e. The molecule has 2 heterocycles. The van der Waals surface area contributed by atoms with Crippen molar-refractivity contribution in [3.63, 3.8) is 0 Å². The van der Waals surface area contributed by atoms with E-state index in [4.69, 9.17) is 5.73 Å². The molecule has 0 unspecified atom stereocenters. The van der Waals surface area contributed by atoms with Gasteiger partial charge in [0.05, 0.1) is 23.2 Å². The van der Waals surface area contributed by atoms with Crippen molar-refractivity contribution in [2.45, 2.75) is 39.3 Å². The highest BCUT2D eigenvalue weighted by Gasteiger charge is 2.22. The number of nitrogens with zero attached hydrogens (tertiary/aromatic N) is 4. The summed E-state index contributed by atoms with van der Waals surface area (Å²) in [5, 5.41) is 11.2. The summed E-state index contributed by atoms with van der Waals surface area (Å²) < 4.78 is 1.92. The molecule has 0 saturated carbocycles. The number of rotatable bonds is 4. The van der Waals surface area contributed by atoms with Crippen LogP contribution in [0.2, 0.25) is 0 Å². The Labute approximate surface area is 134 Å². The van der Waals surface area contributed by atoms with Gasteiger partial charge in [0.15, 0.2) is 5.82 Å². The van der Waals surface area contributed by atoms with Crippen LogP contribution < -0.4 is 5.73 Å². The summed E-state index contributed by atoms with van der Waals surface area (Å²) in [5.74, 6) is 0.912. The number of aliphatic hydroxyl groups is 1. The average molecular weight is 311 g/mol. The molecule has 23 heavy (non-hydrogen) atoms. The van der Waals surface area contributed by atoms with Crippen LogP contribution >= 0.6 is 0 Å². The average Bonchev–Trinajstić information content (AvgIpc) is 2.83. The van der Waals surface area contributed by atoms with Crippen molar-refractivity contribution in [1.82, 2.24) is 14.5 Å². The Bertz CT molecular complexity index is 889. The number of fused-ring (bicyclic) bond motifs is 3. The van der Waals surface area contributed by atoms with E-state index in [1.54, 1.807) is 20.1 Å². The summed E-state index contributed by atoms with van der Waals surface area (Å²) >= 11 is 0. The fourth-order valence-electron chi connectivity index (χ4n) is 2.65. The lowest BCUT2D eigenvalue weighted by Gasteiger charge is -2.19. The van der Waals surface area contributed by atoms with Crippen LogP contribution in [0.5, 0.6) is 0 Å². The van der Waals surface area contributed by atoms with Crippen LogP contribution in [0.4, 0.5) is 11.8 Å². The maximum Gasteiger partial charge on any atom is 0.230 e. The first kappa shape index (κ1) is 15.4. The van der Waals surface area contributed by atoms with Gasteiger partial charge in [-0.1, -0.05) is 25.1 Å². The maximum absolute atomic E-state index is 10.3. The SMILES string of the molecule is CC/C=N/c1nc2c(N)nc3ccccc3c2n1CC(C)(C)O. The highest BCUT2D eigenvalue weighted by molar-refractivity contribution is 6.07. The Kier molecular flexibility index (Phi) is 3.77. The van der Waals surface area contributed by atoms with E-state index in [9.17, 15) is 5.11 Å². The molecule has 3 N–H and O–H groups in total. The van der Waals surface area contributed by atoms with E-state index in [1.165, 1.54) is 0 Å². The van der Waals surface area contributed by atoms with E-state index in [2.05, 4.69) is 15.0 Å². The summed E-state index contributed by atoms with van der Waals surface area (Å²) in [4.78, 5) is 13.4. The Morgan fingerprint density at radius 3 is 2.74 bits per heavy atom. The molecule has 0 aliphatic rings. The molecular weight excluding hydrogens is 290 g/mol. The zero-order valence-corrected chi connectivity index (χ0v) is 13.6. The van der Waals surface area contributed by atoms with E-state index >= 15 is 0 Å². The zero-order chi connectivity index (χ0) is 16.6. The Hall–Kier alpha value is -2.47. The fraction of sp³-hybridized carbons (Fsp3) is 0.353. The number of para-hydroxylation sites is 1. The second kappa shape index (κ2) is 5.62. The summed E-state index contributed by atoms with van der Waals surface area (Å²) in [6.45, 7) is 5.91. The van der Waals surface area contributed by atoms with E-state index in [0.717, 1.165) is 22.8 Å². The molecule has 120 valence electrons. The molecule has 0 radical (unpaired) electrons. The van der Waals surface area contributed by atoms with Crippen LogP contribution in [-0.2, 0) is 6.54 Å². The van der Waals surface area contributed by atoms with Gasteiger partial charge in [-0.15, -0.1) is 0 Å². The topological polar surface area (TPSA) is 89.3 Å². The van der Waals surface area contributed by atoms with Crippen molar-refractivity contribution >= 4 is 39.9 Å². The Balaban J connectivity index is 2.40. The molecule has 0 amide bonds. The number of hydrogen-bond donors (Lipinski definition) is 2. The van der Waals surface area contributed by atoms with Gasteiger partial charge in [-0.2, -0.15) is 0 Å². The first-order valence-corrected chi connectivity index (χ1v) is 7.70. The van der Waals surface area contributed by atoms with Crippen molar-refractivity contribution in [2.75, 3.05) is 5.73 Å². The van der Waals surface area contributed by atoms with Gasteiger partial charge < -0.3 is 15.4 Å². The number of aromatic nitrogens is 3. The molecule has 2 aromatic heterocycles. The number of benzene rings is 1. The van der Waals surface area contributed by atoms with Gasteiger partial charge in [0.1, 0.15) is 5.52 Å². The van der Waals surface area contributed by atoms with Gasteiger partial charge >= 0.3 is 0 Å². The minimum Gasteiger partial charge on any atom is -0.389 e. The standard InChI is InChI=1S/C17H21N5O/c1-4-9-19-16-21-13-14(22(16)10-17(2,3)23)11-7-5-6-8-12(11)20-15(13)18/h5-9,23H,4,10H2,1-3H3,(H2,18,20)/b19-9+. The Morgan fingerprint density at radius 2 is 2.04 bits per heavy atom. The molecule has 0 fully saturated rings. The zero-order valence-electron chi connectivity index (χ0n) is 13.6. The second-order valence-electron chi connectivity index (χ2n) is 6.24. The number of anilines is 1. The van der Waals surface area contributed by atoms with Crippen molar-refractivity contribution < 1.29 is 5.11 Å². The van der Waals surface area contributed by atoms with Crippen LogP contribution in [0.15, 0.2) is 29.3 Å². The molecule has 1 aromatic carbocycles. The quantitative estimate of drug-likeness (QED) is 0.725. The van der Waals surface area contributed by atoms with Crippen LogP contribution in [0.3, 0.4) is 0 Å². The number of imidazole rings is 1. The minimum atomic E-state index is -0.900. The van der Waals surface area contributed by atoms with Gasteiger partial charge in [-0.05, 0) is 26.3 Å². The van der Waals surface area contributed by atoms with E-state index in [0.29, 0.717) is 23.8 Å². The van der Waals surface area contributed by atoms with Crippen LogP contribution in [0.25, 0.3) is 21.9 Å². The minimum absolute atomic E-state index is 0.368. The highest BCUT2D eigenvalue weighted by Crippen LogP contribution is 2.32. The summed E-state index contributed by atoms with van der Waals surface area (Å²) in [6.07, 6.45) is 2.61. The lowest BCUT2D eigenvalue weighted by Crippen LogP contribution is -2.26. The first-order chi connectivity index (χ1) is 10.9. The van der Waals surface area contributed by atoms with Gasteiger partial charge in [-0.3, -0.25) is 0 Å². The molecule has 0 aliphatic carbocycles. The molecule has 0 aliphatic heterocycles. The molecule has 3 aromatic rings. The normalized spacial score (nSPS) is 12.7. The van der Waals surface area contributed by atoms with Crippen molar-refractivity contribution in [2.24, 2.45) is 4.99 Å². The van der Waals surface area contributed by atoms with E-state index in [1.807, 2.05) is 35.8 Å². The van der Waals surface area contributed by atoms with Gasteiger partial charge in [0, 0.05) is 11.6 Å². The third kappa shape index (κ3) is 2.90. The molecule has 0 atom stereocenters. The summed E-state index contributed by atoms with van der Waals surface area (Å²) in [5.41, 5.74) is 7.48. The van der Waals surface area contributed by atoms with E-state index in [-0.39, 0.29) is 0 Å². The number of nitrogens with two attached hydrogens (primary N) is 1. The predicted molar refractivity (Wildman–Crippen MR) is 94.2 cm³/mol. The second-order valence-corrected chi connectivity index (χ2v) is 6.24. The maximum atomic E-state index is 10.3. The van der Waals surface area contributed by atoms with Crippen LogP contribution in [0, 0.1) is 0 Å². The lowest BCUT2D eigenvalue weighted by molar-refractivity contribution is 0.0632. The van der Waals surface area contributed by atoms with E-state index < -0.39 is 5.60 Å². The van der Waals surface area contributed by atoms with Crippen molar-refractivity contribution in [3.05, 3.63) is 24.3 Å². The number of pyridine rings is 1. The molecule has 0 saturated heterocycles. The molecule has 6 nitrogen and oxygen atoms in total. The molecule has 6 heteroatoms. The fourth-order valence-corrected chi connectivity index (χ4v) is 2.65. The monoisotopic (exact) mass is 311 g/mol. The van der Waals surface area contributed by atoms with Crippen molar-refractivity contribution in [3.8, 4) is 0 Å². The molecule has 0 spiro atoms. The highest BCUT2D eigenvalue weighted by atomic mass is 16.3. The van der Waals surface area contributed by atoms with Gasteiger partial charge in [-0.25, -0.2) is 15.0 Å². The molecular formula is C17H21N5O.